The van der Waals surface area contributed by atoms with Crippen LogP contribution in [0.25, 0.3) is 63.9 Å². The molecule has 0 fully saturated rings. The summed E-state index contributed by atoms with van der Waals surface area (Å²) in [5.41, 5.74) is 54.0. The van der Waals surface area contributed by atoms with Gasteiger partial charge in [0, 0.05) is 16.8 Å². The fourth-order valence-corrected chi connectivity index (χ4v) is 0. The Kier molecular flexibility index (Phi) is 581. The van der Waals surface area contributed by atoms with Gasteiger partial charge in [0.05, 0.1) is 0 Å². The van der Waals surface area contributed by atoms with Crippen molar-refractivity contribution in [3.8, 4) is 0 Å². The van der Waals surface area contributed by atoms with E-state index in [2.05, 4.69) is 0 Å². The summed E-state index contributed by atoms with van der Waals surface area (Å²) in [6.07, 6.45) is 0. The molecule has 0 aromatic rings. The molecule has 73 valence electrons. The Morgan fingerprint density at radius 1 is 0.385 bits per heavy atom. The third kappa shape index (κ3) is 115. The fourth-order valence-electron chi connectivity index (χ4n) is 0. The molecule has 12 nitrogen and oxygen atoms in total. The quantitative estimate of drug-likeness (QED) is 0.328. The molecule has 0 saturated heterocycles. The Morgan fingerprint density at radius 3 is 0.385 bits per heavy atom. The Hall–Kier alpha value is -2.25. The average Bonchev–Trinajstić information content (AvgIpc) is 1.92. The van der Waals surface area contributed by atoms with Gasteiger partial charge >= 0.3 is 0 Å². The zero-order chi connectivity index (χ0) is 10.8. The van der Waals surface area contributed by atoms with Crippen LogP contribution in [0.4, 0.5) is 0 Å². The summed E-state index contributed by atoms with van der Waals surface area (Å²) in [4.78, 5) is 6.00. The molecule has 0 rings (SSSR count). The summed E-state index contributed by atoms with van der Waals surface area (Å²) < 4.78 is 0. The van der Waals surface area contributed by atoms with Gasteiger partial charge in [0.1, 0.15) is 0 Å². The first-order valence-corrected chi connectivity index (χ1v) is 1.60. The summed E-state index contributed by atoms with van der Waals surface area (Å²) in [7, 11) is 0. The van der Waals surface area contributed by atoms with E-state index in [1.165, 1.54) is 19.6 Å². The Bertz CT molecular complexity index is 137. The van der Waals surface area contributed by atoms with Crippen LogP contribution in [0, 0.1) is 0 Å². The van der Waals surface area contributed by atoms with E-state index in [1.54, 1.807) is 0 Å². The van der Waals surface area contributed by atoms with Crippen molar-refractivity contribution >= 4 is 0 Å². The number of rotatable bonds is 0. The van der Waals surface area contributed by atoms with Gasteiger partial charge in [0.2, 0.25) is 0 Å². The molecule has 0 aliphatic carbocycles. The van der Waals surface area contributed by atoms with Gasteiger partial charge in [-0.2, -0.15) is 0 Å². The second kappa shape index (κ2) is 244. The third-order valence-electron chi connectivity index (χ3n) is 0. The molecule has 0 bridgehead atoms. The molecule has 0 unspecified atom stereocenters. The fraction of sp³-hybridized carbons (Fsp3) is 0. The largest absolute Gasteiger partial charge is 0.373 e. The van der Waals surface area contributed by atoms with Gasteiger partial charge in [0.25, 0.3) is 0 Å². The minimum Gasteiger partial charge on any atom is -0.373 e. The van der Waals surface area contributed by atoms with Crippen molar-refractivity contribution in [3.63, 3.8) is 0 Å². The van der Waals surface area contributed by atoms with Gasteiger partial charge in [-0.15, -0.1) is 0 Å². The van der Waals surface area contributed by atoms with E-state index in [1.807, 2.05) is 0 Å². The van der Waals surface area contributed by atoms with Crippen LogP contribution in [0.5, 0.6) is 0 Å². The first-order valence-electron chi connectivity index (χ1n) is 1.60. The molecule has 13 heteroatoms. The first kappa shape index (κ1) is 30.9. The molecule has 0 aromatic carbocycles. The second-order valence-corrected chi connectivity index (χ2v) is 0.358. The van der Waals surface area contributed by atoms with Crippen LogP contribution in [0.1, 0.15) is 0 Å². The molecular formula is CoN12-4. The monoisotopic (exact) mass is 227 g/mol. The maximum absolute atomic E-state index is 6.75. The maximum atomic E-state index is 6.75. The molecule has 0 amide bonds. The van der Waals surface area contributed by atoms with E-state index in [0.717, 1.165) is 0 Å². The molecule has 0 aliphatic heterocycles. The third-order valence-corrected chi connectivity index (χ3v) is 0. The van der Waals surface area contributed by atoms with Crippen molar-refractivity contribution in [1.82, 2.24) is 0 Å². The smallest absolute Gasteiger partial charge is 0 e. The van der Waals surface area contributed by atoms with Crippen molar-refractivity contribution in [2.24, 2.45) is 0 Å². The van der Waals surface area contributed by atoms with Gasteiger partial charge in [-0.05, 0) is 0 Å². The standard InChI is InChI=1S/Co.4N3/c;4*1-3-2/q;4*-1. The van der Waals surface area contributed by atoms with Crippen molar-refractivity contribution in [2.75, 3.05) is 0 Å². The van der Waals surface area contributed by atoms with Crippen LogP contribution in [0.15, 0.2) is 0 Å². The van der Waals surface area contributed by atoms with E-state index >= 15 is 0 Å². The van der Waals surface area contributed by atoms with Crippen molar-refractivity contribution in [1.29, 1.82) is 0 Å². The summed E-state index contributed by atoms with van der Waals surface area (Å²) in [5.74, 6) is 0. The number of hydrogen-bond donors (Lipinski definition) is 0. The summed E-state index contributed by atoms with van der Waals surface area (Å²) in [6, 6.07) is 0. The summed E-state index contributed by atoms with van der Waals surface area (Å²) >= 11 is 0. The molecule has 1 radical (unpaired) electrons. The molecule has 0 aliphatic rings. The van der Waals surface area contributed by atoms with Crippen LogP contribution >= 0.6 is 0 Å². The summed E-state index contributed by atoms with van der Waals surface area (Å²) in [6.45, 7) is 0. The van der Waals surface area contributed by atoms with Crippen molar-refractivity contribution < 1.29 is 16.8 Å². The van der Waals surface area contributed by atoms with Crippen LogP contribution in [0.3, 0.4) is 0 Å². The minimum absolute atomic E-state index is 0. The summed E-state index contributed by atoms with van der Waals surface area (Å²) in [5, 5.41) is 0. The van der Waals surface area contributed by atoms with E-state index in [0.29, 0.717) is 0 Å². The van der Waals surface area contributed by atoms with Crippen LogP contribution in [0.2, 0.25) is 0 Å². The molecule has 0 aromatic heterocycles. The Labute approximate surface area is 81.4 Å². The predicted octanol–water partition coefficient (Wildman–Crippen LogP) is 3.46. The molecule has 0 saturated carbocycles. The molecule has 0 atom stereocenters. The number of nitrogens with zero attached hydrogens (tertiary/aromatic N) is 12. The second-order valence-electron chi connectivity index (χ2n) is 0.358. The molecule has 0 N–H and O–H groups in total. The van der Waals surface area contributed by atoms with E-state index < -0.39 is 0 Å². The topological polar surface area (TPSA) is 235 Å². The SMILES string of the molecule is [Co].[N-]=[N+]=[N-].[N-]=[N+]=[N-].[N-]=[N+]=[N-].[N-]=[N+]=[N-]. The van der Waals surface area contributed by atoms with Gasteiger partial charge in [0.15, 0.2) is 0 Å². The maximum Gasteiger partial charge on any atom is 0 e. The van der Waals surface area contributed by atoms with Gasteiger partial charge in [-0.25, -0.2) is 0 Å². The Balaban J connectivity index is -0.0000000213. The Morgan fingerprint density at radius 2 is 0.385 bits per heavy atom. The van der Waals surface area contributed by atoms with Gasteiger partial charge in [-0.1, -0.05) is 0 Å². The molecule has 0 spiro atoms. The van der Waals surface area contributed by atoms with Gasteiger partial charge < -0.3 is 44.2 Å². The van der Waals surface area contributed by atoms with Crippen molar-refractivity contribution in [3.05, 3.63) is 63.9 Å². The average molecular weight is 227 g/mol. The zero-order valence-electron chi connectivity index (χ0n) is 5.70. The van der Waals surface area contributed by atoms with Crippen LogP contribution in [-0.2, 0) is 16.8 Å². The first-order chi connectivity index (χ1) is 5.66. The molecule has 13 heavy (non-hydrogen) atoms. The van der Waals surface area contributed by atoms with Crippen molar-refractivity contribution in [2.45, 2.75) is 0 Å². The van der Waals surface area contributed by atoms with E-state index in [4.69, 9.17) is 44.2 Å². The number of hydrogen-bond acceptors (Lipinski definition) is 0. The predicted molar refractivity (Wildman–Crippen MR) is 40.3 cm³/mol. The normalized spacial score (nSPS) is 2.46. The zero-order valence-corrected chi connectivity index (χ0v) is 6.74. The van der Waals surface area contributed by atoms with Crippen LogP contribution < -0.4 is 0 Å². The van der Waals surface area contributed by atoms with Gasteiger partial charge in [-0.3, -0.25) is 19.6 Å². The van der Waals surface area contributed by atoms with E-state index in [-0.39, 0.29) is 16.8 Å². The molecular weight excluding hydrogens is 227 g/mol. The van der Waals surface area contributed by atoms with E-state index in [9.17, 15) is 0 Å². The minimum atomic E-state index is 0. The molecule has 0 heterocycles. The van der Waals surface area contributed by atoms with Crippen LogP contribution in [-0.4, -0.2) is 0 Å².